The van der Waals surface area contributed by atoms with Crippen LogP contribution in [0.4, 0.5) is 0 Å². The van der Waals surface area contributed by atoms with Crippen molar-refractivity contribution in [1.82, 2.24) is 10.6 Å². The molecule has 0 bridgehead atoms. The van der Waals surface area contributed by atoms with E-state index in [2.05, 4.69) is 47.7 Å². The third-order valence-electron chi connectivity index (χ3n) is 4.09. The van der Waals surface area contributed by atoms with Crippen LogP contribution in [0.3, 0.4) is 0 Å². The second kappa shape index (κ2) is 13.7. The Labute approximate surface area is 195 Å². The number of primary amides is 1. The summed E-state index contributed by atoms with van der Waals surface area (Å²) in [6.45, 7) is 5.85. The average Bonchev–Trinajstić information content (AvgIpc) is 2.72. The fourth-order valence-corrected chi connectivity index (χ4v) is 2.64. The quantitative estimate of drug-likeness (QED) is 0.251. The van der Waals surface area contributed by atoms with E-state index < -0.39 is 5.91 Å². The van der Waals surface area contributed by atoms with Crippen LogP contribution in [-0.4, -0.2) is 32.1 Å². The molecule has 164 valence electrons. The van der Waals surface area contributed by atoms with Crippen LogP contribution in [0.5, 0.6) is 11.5 Å². The van der Waals surface area contributed by atoms with Crippen LogP contribution >= 0.6 is 24.0 Å². The lowest BCUT2D eigenvalue weighted by Gasteiger charge is -2.15. The molecule has 0 atom stereocenters. The Morgan fingerprint density at radius 2 is 1.87 bits per heavy atom. The van der Waals surface area contributed by atoms with Crippen molar-refractivity contribution < 1.29 is 14.3 Å². The first-order valence-electron chi connectivity index (χ1n) is 9.68. The lowest BCUT2D eigenvalue weighted by molar-refractivity contribution is -0.119. The normalized spacial score (nSPS) is 10.7. The zero-order valence-electron chi connectivity index (χ0n) is 17.7. The van der Waals surface area contributed by atoms with E-state index in [0.29, 0.717) is 31.4 Å². The fourth-order valence-electron chi connectivity index (χ4n) is 2.64. The largest absolute Gasteiger partial charge is 0.493 e. The molecule has 0 saturated carbocycles. The number of carbonyl (C=O) groups excluding carboxylic acids is 1. The number of benzene rings is 2. The molecule has 0 heterocycles. The highest BCUT2D eigenvalue weighted by molar-refractivity contribution is 14.0. The van der Waals surface area contributed by atoms with Gasteiger partial charge in [-0.25, -0.2) is 0 Å². The summed E-state index contributed by atoms with van der Waals surface area (Å²) in [6, 6.07) is 13.7. The maximum Gasteiger partial charge on any atom is 0.255 e. The van der Waals surface area contributed by atoms with E-state index in [-0.39, 0.29) is 30.6 Å². The second-order valence-corrected chi connectivity index (χ2v) is 6.64. The molecule has 2 aromatic rings. The minimum atomic E-state index is -0.503. The second-order valence-electron chi connectivity index (χ2n) is 6.64. The molecule has 8 heteroatoms. The summed E-state index contributed by atoms with van der Waals surface area (Å²) in [7, 11) is 1.73. The first-order valence-corrected chi connectivity index (χ1v) is 9.68. The molecular formula is C22H31IN4O3. The number of nitrogens with zero attached hydrogens (tertiary/aromatic N) is 1. The number of hydrogen-bond donors (Lipinski definition) is 3. The van der Waals surface area contributed by atoms with E-state index in [1.807, 2.05) is 18.2 Å². The number of halogens is 1. The maximum absolute atomic E-state index is 10.9. The summed E-state index contributed by atoms with van der Waals surface area (Å²) in [6.07, 6.45) is 0.965. The Bertz CT molecular complexity index is 843. The number of carbonyl (C=O) groups is 1. The van der Waals surface area contributed by atoms with Gasteiger partial charge < -0.3 is 25.8 Å². The lowest BCUT2D eigenvalue weighted by atomic mass is 10.1. The molecule has 2 rings (SSSR count). The molecule has 0 aliphatic heterocycles. The van der Waals surface area contributed by atoms with Gasteiger partial charge >= 0.3 is 0 Å². The van der Waals surface area contributed by atoms with Gasteiger partial charge in [0.05, 0.1) is 6.61 Å². The Morgan fingerprint density at radius 1 is 1.10 bits per heavy atom. The first-order chi connectivity index (χ1) is 14.0. The SMILES string of the molecule is CCCOc1cc(C)ccc1CNC(=NC)NCc1cccc(OCC(N)=O)c1.I. The Kier molecular flexibility index (Phi) is 11.7. The predicted molar refractivity (Wildman–Crippen MR) is 131 cm³/mol. The van der Waals surface area contributed by atoms with Crippen molar-refractivity contribution in [3.8, 4) is 11.5 Å². The van der Waals surface area contributed by atoms with Crippen LogP contribution in [0, 0.1) is 6.92 Å². The molecule has 0 aliphatic rings. The highest BCUT2D eigenvalue weighted by Gasteiger charge is 2.06. The molecule has 1 amide bonds. The molecular weight excluding hydrogens is 495 g/mol. The first kappa shape index (κ1) is 25.5. The molecule has 2 aromatic carbocycles. The van der Waals surface area contributed by atoms with Crippen LogP contribution in [0.15, 0.2) is 47.5 Å². The van der Waals surface area contributed by atoms with Crippen LogP contribution in [0.2, 0.25) is 0 Å². The minimum absolute atomic E-state index is 0. The van der Waals surface area contributed by atoms with E-state index in [9.17, 15) is 4.79 Å². The van der Waals surface area contributed by atoms with Gasteiger partial charge in [-0.15, -0.1) is 24.0 Å². The van der Waals surface area contributed by atoms with Crippen molar-refractivity contribution in [2.45, 2.75) is 33.4 Å². The third-order valence-corrected chi connectivity index (χ3v) is 4.09. The molecule has 0 aliphatic carbocycles. The van der Waals surface area contributed by atoms with Gasteiger partial charge in [-0.2, -0.15) is 0 Å². The number of aryl methyl sites for hydroxylation is 1. The Morgan fingerprint density at radius 3 is 2.57 bits per heavy atom. The summed E-state index contributed by atoms with van der Waals surface area (Å²) in [5, 5.41) is 6.59. The molecule has 30 heavy (non-hydrogen) atoms. The van der Waals surface area contributed by atoms with Crippen molar-refractivity contribution in [3.05, 3.63) is 59.2 Å². The smallest absolute Gasteiger partial charge is 0.255 e. The minimum Gasteiger partial charge on any atom is -0.493 e. The van der Waals surface area contributed by atoms with Gasteiger partial charge in [0.2, 0.25) is 0 Å². The number of ether oxygens (including phenoxy) is 2. The molecule has 0 aromatic heterocycles. The molecule has 0 fully saturated rings. The predicted octanol–water partition coefficient (Wildman–Crippen LogP) is 3.13. The molecule has 7 nitrogen and oxygen atoms in total. The molecule has 0 saturated heterocycles. The van der Waals surface area contributed by atoms with Gasteiger partial charge in [0.15, 0.2) is 12.6 Å². The van der Waals surface area contributed by atoms with Gasteiger partial charge in [-0.1, -0.05) is 31.2 Å². The van der Waals surface area contributed by atoms with Crippen LogP contribution in [0.1, 0.15) is 30.0 Å². The Hall–Kier alpha value is -2.49. The number of nitrogens with two attached hydrogens (primary N) is 1. The molecule has 0 unspecified atom stereocenters. The Balaban J connectivity index is 0.00000450. The van der Waals surface area contributed by atoms with Gasteiger partial charge in [-0.3, -0.25) is 9.79 Å². The molecule has 4 N–H and O–H groups in total. The number of aliphatic imine (C=N–C) groups is 1. The molecule has 0 radical (unpaired) electrons. The van der Waals surface area contributed by atoms with E-state index >= 15 is 0 Å². The summed E-state index contributed by atoms with van der Waals surface area (Å²) in [5.41, 5.74) is 8.35. The van der Waals surface area contributed by atoms with Crippen molar-refractivity contribution in [2.24, 2.45) is 10.7 Å². The summed E-state index contributed by atoms with van der Waals surface area (Å²) in [5.74, 6) is 1.67. The average molecular weight is 526 g/mol. The van der Waals surface area contributed by atoms with Crippen LogP contribution in [0.25, 0.3) is 0 Å². The molecule has 0 spiro atoms. The van der Waals surface area contributed by atoms with Crippen LogP contribution < -0.4 is 25.8 Å². The topological polar surface area (TPSA) is 98.0 Å². The number of nitrogens with one attached hydrogen (secondary N) is 2. The fraction of sp³-hybridized carbons (Fsp3) is 0.364. The van der Waals surface area contributed by atoms with Gasteiger partial charge in [-0.05, 0) is 42.7 Å². The van der Waals surface area contributed by atoms with Crippen molar-refractivity contribution in [2.75, 3.05) is 20.3 Å². The zero-order chi connectivity index (χ0) is 21.1. The van der Waals surface area contributed by atoms with Gasteiger partial charge in [0.1, 0.15) is 11.5 Å². The van der Waals surface area contributed by atoms with E-state index in [1.54, 1.807) is 13.1 Å². The number of rotatable bonds is 10. The lowest BCUT2D eigenvalue weighted by Crippen LogP contribution is -2.36. The van der Waals surface area contributed by atoms with Crippen molar-refractivity contribution >= 4 is 35.8 Å². The monoisotopic (exact) mass is 526 g/mol. The maximum atomic E-state index is 10.9. The van der Waals surface area contributed by atoms with E-state index in [1.165, 1.54) is 5.56 Å². The number of amides is 1. The summed E-state index contributed by atoms with van der Waals surface area (Å²) in [4.78, 5) is 15.1. The van der Waals surface area contributed by atoms with Crippen molar-refractivity contribution in [1.29, 1.82) is 0 Å². The summed E-state index contributed by atoms with van der Waals surface area (Å²) >= 11 is 0. The number of hydrogen-bond acceptors (Lipinski definition) is 4. The summed E-state index contributed by atoms with van der Waals surface area (Å²) < 4.78 is 11.2. The van der Waals surface area contributed by atoms with Gasteiger partial charge in [0.25, 0.3) is 5.91 Å². The third kappa shape index (κ3) is 8.89. The van der Waals surface area contributed by atoms with E-state index in [0.717, 1.165) is 23.3 Å². The zero-order valence-corrected chi connectivity index (χ0v) is 20.1. The number of guanidine groups is 1. The highest BCUT2D eigenvalue weighted by atomic mass is 127. The highest BCUT2D eigenvalue weighted by Crippen LogP contribution is 2.20. The van der Waals surface area contributed by atoms with Gasteiger partial charge in [0, 0.05) is 25.7 Å². The van der Waals surface area contributed by atoms with Crippen molar-refractivity contribution in [3.63, 3.8) is 0 Å². The van der Waals surface area contributed by atoms with Crippen LogP contribution in [-0.2, 0) is 17.9 Å². The standard InChI is InChI=1S/C22H30N4O3.HI/c1-4-10-28-20-11-16(2)8-9-18(20)14-26-22(24-3)25-13-17-6-5-7-19(12-17)29-15-21(23)27;/h5-9,11-12H,4,10,13-15H2,1-3H3,(H2,23,27)(H2,24,25,26);1H. The van der Waals surface area contributed by atoms with E-state index in [4.69, 9.17) is 15.2 Å².